The fourth-order valence-electron chi connectivity index (χ4n) is 2.12. The van der Waals surface area contributed by atoms with Crippen LogP contribution in [0.15, 0.2) is 47.6 Å². The molecule has 0 saturated carbocycles. The molecule has 0 aliphatic carbocycles. The van der Waals surface area contributed by atoms with Crippen LogP contribution in [0.4, 0.5) is 9.52 Å². The maximum Gasteiger partial charge on any atom is 0.336 e. The van der Waals surface area contributed by atoms with Gasteiger partial charge in [0.2, 0.25) is 5.13 Å². The monoisotopic (exact) mass is 390 g/mol. The second kappa shape index (κ2) is 7.59. The molecule has 0 atom stereocenters. The van der Waals surface area contributed by atoms with Crippen molar-refractivity contribution in [2.24, 2.45) is 5.10 Å². The lowest BCUT2D eigenvalue weighted by Crippen LogP contribution is -2.10. The summed E-state index contributed by atoms with van der Waals surface area (Å²) in [5.41, 5.74) is 0.818. The van der Waals surface area contributed by atoms with Gasteiger partial charge in [-0.3, -0.25) is 0 Å². The Morgan fingerprint density at radius 1 is 1.35 bits per heavy atom. The van der Waals surface area contributed by atoms with Crippen LogP contribution in [0.2, 0.25) is 5.02 Å². The molecule has 0 saturated heterocycles. The summed E-state index contributed by atoms with van der Waals surface area (Å²) in [6.45, 7) is 0. The first-order chi connectivity index (χ1) is 12.5. The van der Waals surface area contributed by atoms with Crippen LogP contribution in [-0.4, -0.2) is 33.7 Å². The number of aromatic carboxylic acids is 1. The van der Waals surface area contributed by atoms with Gasteiger partial charge in [-0.05, 0) is 30.3 Å². The minimum absolute atomic E-state index is 0.170. The van der Waals surface area contributed by atoms with Crippen molar-refractivity contribution >= 4 is 40.4 Å². The number of hydrazone groups is 1. The average molecular weight is 391 g/mol. The molecule has 3 rings (SSSR count). The van der Waals surface area contributed by atoms with Crippen LogP contribution in [0.3, 0.4) is 0 Å². The predicted molar refractivity (Wildman–Crippen MR) is 99.7 cm³/mol. The average Bonchev–Trinajstić information content (AvgIpc) is 3.10. The number of aromatic nitrogens is 2. The van der Waals surface area contributed by atoms with Crippen LogP contribution in [0.5, 0.6) is 0 Å². The standard InChI is InChI=1S/C17H12ClFN4O2S/c1-23(20-9-10-6-7-11(19)8-13(10)16(24)25)17-21-15(22-26-17)12-4-2-3-5-14(12)18/h2-9H,1H3,(H,24,25)/b20-9+. The minimum Gasteiger partial charge on any atom is -0.478 e. The number of hydrogen-bond acceptors (Lipinski definition) is 6. The molecule has 1 N–H and O–H groups in total. The molecule has 2 aromatic carbocycles. The van der Waals surface area contributed by atoms with E-state index in [9.17, 15) is 9.18 Å². The number of carbonyl (C=O) groups is 1. The molecule has 1 heterocycles. The van der Waals surface area contributed by atoms with Crippen LogP contribution in [0, 0.1) is 5.82 Å². The summed E-state index contributed by atoms with van der Waals surface area (Å²) in [7, 11) is 1.65. The lowest BCUT2D eigenvalue weighted by molar-refractivity contribution is 0.0696. The third-order valence-corrected chi connectivity index (χ3v) is 4.54. The van der Waals surface area contributed by atoms with E-state index in [0.717, 1.165) is 17.6 Å². The highest BCUT2D eigenvalue weighted by Crippen LogP contribution is 2.28. The predicted octanol–water partition coefficient (Wildman–Crippen LogP) is 4.17. The Hall–Kier alpha value is -2.84. The van der Waals surface area contributed by atoms with E-state index in [1.54, 1.807) is 13.1 Å². The van der Waals surface area contributed by atoms with Crippen LogP contribution in [-0.2, 0) is 0 Å². The fourth-order valence-corrected chi connectivity index (χ4v) is 2.94. The van der Waals surface area contributed by atoms with Gasteiger partial charge in [-0.25, -0.2) is 14.2 Å². The highest BCUT2D eigenvalue weighted by molar-refractivity contribution is 7.09. The SMILES string of the molecule is CN(/N=C/c1ccc(F)cc1C(=O)O)c1nc(-c2ccccc2Cl)ns1. The highest BCUT2D eigenvalue weighted by atomic mass is 35.5. The molecule has 132 valence electrons. The van der Waals surface area contributed by atoms with Gasteiger partial charge in [-0.2, -0.15) is 14.5 Å². The Morgan fingerprint density at radius 3 is 2.85 bits per heavy atom. The molecule has 6 nitrogen and oxygen atoms in total. The van der Waals surface area contributed by atoms with E-state index in [0.29, 0.717) is 21.5 Å². The molecule has 3 aromatic rings. The van der Waals surface area contributed by atoms with E-state index in [-0.39, 0.29) is 11.1 Å². The number of carboxylic acid groups (broad SMARTS) is 1. The Labute approximate surface area is 157 Å². The van der Waals surface area contributed by atoms with Gasteiger partial charge in [0.05, 0.1) is 16.8 Å². The smallest absolute Gasteiger partial charge is 0.336 e. The first kappa shape index (κ1) is 18.0. The van der Waals surface area contributed by atoms with Crippen molar-refractivity contribution in [2.75, 3.05) is 12.1 Å². The maximum absolute atomic E-state index is 13.2. The lowest BCUT2D eigenvalue weighted by Gasteiger charge is -2.08. The van der Waals surface area contributed by atoms with E-state index in [1.807, 2.05) is 18.2 Å². The van der Waals surface area contributed by atoms with Crippen molar-refractivity contribution in [1.82, 2.24) is 9.36 Å². The minimum atomic E-state index is -1.23. The van der Waals surface area contributed by atoms with Gasteiger partial charge < -0.3 is 5.11 Å². The number of rotatable bonds is 5. The molecule has 0 amide bonds. The number of benzene rings is 2. The molecular weight excluding hydrogens is 379 g/mol. The Balaban J connectivity index is 1.83. The topological polar surface area (TPSA) is 78.7 Å². The zero-order valence-electron chi connectivity index (χ0n) is 13.4. The van der Waals surface area contributed by atoms with Gasteiger partial charge in [-0.15, -0.1) is 0 Å². The molecule has 0 bridgehead atoms. The van der Waals surface area contributed by atoms with Crippen molar-refractivity contribution in [1.29, 1.82) is 0 Å². The normalized spacial score (nSPS) is 11.0. The molecule has 9 heteroatoms. The van der Waals surface area contributed by atoms with E-state index >= 15 is 0 Å². The molecule has 0 spiro atoms. The zero-order valence-corrected chi connectivity index (χ0v) is 15.0. The third-order valence-electron chi connectivity index (χ3n) is 3.42. The summed E-state index contributed by atoms with van der Waals surface area (Å²) in [4.78, 5) is 15.6. The fraction of sp³-hybridized carbons (Fsp3) is 0.0588. The number of halogens is 2. The molecule has 0 fully saturated rings. The van der Waals surface area contributed by atoms with Crippen molar-refractivity contribution in [3.8, 4) is 11.4 Å². The number of carboxylic acids is 1. The van der Waals surface area contributed by atoms with E-state index < -0.39 is 11.8 Å². The summed E-state index contributed by atoms with van der Waals surface area (Å²) < 4.78 is 17.5. The summed E-state index contributed by atoms with van der Waals surface area (Å²) in [5.74, 6) is -1.38. The second-order valence-corrected chi connectivity index (χ2v) is 6.32. The molecule has 0 unspecified atom stereocenters. The van der Waals surface area contributed by atoms with Gasteiger partial charge in [0.25, 0.3) is 0 Å². The quantitative estimate of drug-likeness (QED) is 0.522. The molecule has 1 aromatic heterocycles. The summed E-state index contributed by atoms with van der Waals surface area (Å²) in [6, 6.07) is 10.7. The van der Waals surface area contributed by atoms with Gasteiger partial charge in [0.15, 0.2) is 5.82 Å². The van der Waals surface area contributed by atoms with Gasteiger partial charge in [0, 0.05) is 29.7 Å². The van der Waals surface area contributed by atoms with Gasteiger partial charge >= 0.3 is 5.97 Å². The maximum atomic E-state index is 13.2. The van der Waals surface area contributed by atoms with Gasteiger partial charge in [-0.1, -0.05) is 23.7 Å². The lowest BCUT2D eigenvalue weighted by atomic mass is 10.1. The van der Waals surface area contributed by atoms with Crippen LogP contribution >= 0.6 is 23.1 Å². The molecular formula is C17H12ClFN4O2S. The van der Waals surface area contributed by atoms with Crippen LogP contribution in [0.25, 0.3) is 11.4 Å². The summed E-state index contributed by atoms with van der Waals surface area (Å²) in [5, 5.41) is 15.8. The van der Waals surface area contributed by atoms with Crippen molar-refractivity contribution < 1.29 is 14.3 Å². The molecule has 0 aliphatic rings. The summed E-state index contributed by atoms with van der Waals surface area (Å²) >= 11 is 7.27. The van der Waals surface area contributed by atoms with Crippen LogP contribution < -0.4 is 5.01 Å². The van der Waals surface area contributed by atoms with Crippen molar-refractivity contribution in [3.05, 3.63) is 64.4 Å². The second-order valence-electron chi connectivity index (χ2n) is 5.19. The van der Waals surface area contributed by atoms with Gasteiger partial charge in [0.1, 0.15) is 5.82 Å². The van der Waals surface area contributed by atoms with Crippen LogP contribution in [0.1, 0.15) is 15.9 Å². The van der Waals surface area contributed by atoms with E-state index in [4.69, 9.17) is 16.7 Å². The zero-order chi connectivity index (χ0) is 18.7. The number of anilines is 1. The highest BCUT2D eigenvalue weighted by Gasteiger charge is 2.13. The van der Waals surface area contributed by atoms with E-state index in [1.165, 1.54) is 23.4 Å². The Morgan fingerprint density at radius 2 is 2.12 bits per heavy atom. The summed E-state index contributed by atoms with van der Waals surface area (Å²) in [6.07, 6.45) is 1.33. The Kier molecular flexibility index (Phi) is 5.24. The number of hydrogen-bond donors (Lipinski definition) is 1. The molecule has 0 radical (unpaired) electrons. The number of nitrogens with zero attached hydrogens (tertiary/aromatic N) is 4. The van der Waals surface area contributed by atoms with E-state index in [2.05, 4.69) is 14.5 Å². The Bertz CT molecular complexity index is 992. The third kappa shape index (κ3) is 3.87. The largest absolute Gasteiger partial charge is 0.478 e. The van der Waals surface area contributed by atoms with Crippen molar-refractivity contribution in [2.45, 2.75) is 0 Å². The first-order valence-corrected chi connectivity index (χ1v) is 8.50. The molecule has 26 heavy (non-hydrogen) atoms. The first-order valence-electron chi connectivity index (χ1n) is 7.35. The van der Waals surface area contributed by atoms with Crippen molar-refractivity contribution in [3.63, 3.8) is 0 Å². The molecule has 0 aliphatic heterocycles.